The molecule has 0 radical (unpaired) electrons. The predicted octanol–water partition coefficient (Wildman–Crippen LogP) is 4.72. The molecule has 0 aromatic heterocycles. The first-order valence-electron chi connectivity index (χ1n) is 5.70. The highest BCUT2D eigenvalue weighted by Crippen LogP contribution is 2.36. The summed E-state index contributed by atoms with van der Waals surface area (Å²) in [6.07, 6.45) is -6.65. The van der Waals surface area contributed by atoms with Gasteiger partial charge in [0.25, 0.3) is 0 Å². The topological polar surface area (TPSA) is 20.2 Å². The first kappa shape index (κ1) is 15.7. The van der Waals surface area contributed by atoms with E-state index in [1.165, 1.54) is 12.1 Å². The van der Waals surface area contributed by atoms with E-state index in [2.05, 4.69) is 0 Å². The number of rotatable bonds is 2. The predicted molar refractivity (Wildman–Crippen MR) is 66.9 cm³/mol. The Morgan fingerprint density at radius 2 is 1.67 bits per heavy atom. The van der Waals surface area contributed by atoms with Crippen molar-refractivity contribution in [3.05, 3.63) is 69.7 Å². The molecule has 0 spiro atoms. The van der Waals surface area contributed by atoms with Crippen molar-refractivity contribution in [2.24, 2.45) is 0 Å². The molecule has 2 aromatic carbocycles. The van der Waals surface area contributed by atoms with Crippen molar-refractivity contribution in [1.29, 1.82) is 0 Å². The standard InChI is InChI=1S/C14H8ClF5O/c15-9-2-1-3-11(17)12(9)13(21)7-4-5-10(16)8(6-7)14(18,19)20/h1-6,13,21H. The molecule has 0 aliphatic rings. The molecule has 0 fully saturated rings. The highest BCUT2D eigenvalue weighted by atomic mass is 35.5. The van der Waals surface area contributed by atoms with Crippen molar-refractivity contribution < 1.29 is 27.1 Å². The average molecular weight is 323 g/mol. The normalized spacial score (nSPS) is 13.3. The molecule has 0 heterocycles. The maximum Gasteiger partial charge on any atom is 0.419 e. The number of hydrogen-bond acceptors (Lipinski definition) is 1. The zero-order valence-corrected chi connectivity index (χ0v) is 11.0. The number of alkyl halides is 3. The van der Waals surface area contributed by atoms with E-state index in [4.69, 9.17) is 11.6 Å². The van der Waals surface area contributed by atoms with Crippen LogP contribution in [0.25, 0.3) is 0 Å². The molecule has 1 atom stereocenters. The highest BCUT2D eigenvalue weighted by Gasteiger charge is 2.35. The third kappa shape index (κ3) is 3.16. The quantitative estimate of drug-likeness (QED) is 0.793. The molecule has 112 valence electrons. The van der Waals surface area contributed by atoms with Gasteiger partial charge in [-0.25, -0.2) is 8.78 Å². The number of benzene rings is 2. The van der Waals surface area contributed by atoms with E-state index in [-0.39, 0.29) is 16.1 Å². The summed E-state index contributed by atoms with van der Waals surface area (Å²) >= 11 is 5.74. The van der Waals surface area contributed by atoms with Gasteiger partial charge >= 0.3 is 6.18 Å². The third-order valence-electron chi connectivity index (χ3n) is 2.88. The van der Waals surface area contributed by atoms with E-state index in [0.29, 0.717) is 12.1 Å². The van der Waals surface area contributed by atoms with Crippen molar-refractivity contribution >= 4 is 11.6 Å². The first-order valence-corrected chi connectivity index (χ1v) is 6.08. The minimum Gasteiger partial charge on any atom is -0.383 e. The van der Waals surface area contributed by atoms with Crippen molar-refractivity contribution in [3.8, 4) is 0 Å². The van der Waals surface area contributed by atoms with Gasteiger partial charge in [0, 0.05) is 10.6 Å². The Morgan fingerprint density at radius 3 is 2.24 bits per heavy atom. The van der Waals surface area contributed by atoms with Gasteiger partial charge in [-0.15, -0.1) is 0 Å². The lowest BCUT2D eigenvalue weighted by Crippen LogP contribution is -2.11. The summed E-state index contributed by atoms with van der Waals surface area (Å²) < 4.78 is 64.7. The highest BCUT2D eigenvalue weighted by molar-refractivity contribution is 6.31. The SMILES string of the molecule is OC(c1ccc(F)c(C(F)(F)F)c1)c1c(F)cccc1Cl. The number of aliphatic hydroxyl groups excluding tert-OH is 1. The summed E-state index contributed by atoms with van der Waals surface area (Å²) in [5.41, 5.74) is -2.21. The van der Waals surface area contributed by atoms with E-state index in [1.807, 2.05) is 0 Å². The second kappa shape index (κ2) is 5.61. The number of halogens is 6. The Balaban J connectivity index is 2.52. The van der Waals surface area contributed by atoms with E-state index >= 15 is 0 Å². The first-order chi connectivity index (χ1) is 9.71. The molecule has 0 amide bonds. The molecule has 0 aliphatic carbocycles. The zero-order valence-electron chi connectivity index (χ0n) is 10.3. The molecule has 0 aliphatic heterocycles. The van der Waals surface area contributed by atoms with Crippen LogP contribution in [0.2, 0.25) is 5.02 Å². The van der Waals surface area contributed by atoms with Crippen molar-refractivity contribution in [2.75, 3.05) is 0 Å². The van der Waals surface area contributed by atoms with Crippen molar-refractivity contribution in [3.63, 3.8) is 0 Å². The van der Waals surface area contributed by atoms with Gasteiger partial charge in [0.1, 0.15) is 17.7 Å². The molecular weight excluding hydrogens is 315 g/mol. The van der Waals surface area contributed by atoms with Crippen LogP contribution in [0.5, 0.6) is 0 Å². The maximum atomic E-state index is 13.7. The van der Waals surface area contributed by atoms with E-state index in [1.54, 1.807) is 0 Å². The summed E-state index contributed by atoms with van der Waals surface area (Å²) in [6, 6.07) is 5.53. The molecule has 1 unspecified atom stereocenters. The van der Waals surface area contributed by atoms with Crippen molar-refractivity contribution in [2.45, 2.75) is 12.3 Å². The van der Waals surface area contributed by atoms with Gasteiger partial charge in [-0.1, -0.05) is 23.7 Å². The molecule has 0 saturated heterocycles. The largest absolute Gasteiger partial charge is 0.419 e. The molecule has 2 rings (SSSR count). The monoisotopic (exact) mass is 322 g/mol. The average Bonchev–Trinajstić information content (AvgIpc) is 2.37. The van der Waals surface area contributed by atoms with Gasteiger partial charge < -0.3 is 5.11 Å². The lowest BCUT2D eigenvalue weighted by Gasteiger charge is -2.16. The van der Waals surface area contributed by atoms with Gasteiger partial charge in [0.15, 0.2) is 0 Å². The van der Waals surface area contributed by atoms with Gasteiger partial charge in [0.05, 0.1) is 5.56 Å². The van der Waals surface area contributed by atoms with Crippen LogP contribution in [-0.2, 0) is 6.18 Å². The zero-order chi connectivity index (χ0) is 15.8. The van der Waals surface area contributed by atoms with Crippen LogP contribution in [0.1, 0.15) is 22.8 Å². The second-order valence-electron chi connectivity index (χ2n) is 4.27. The Hall–Kier alpha value is -1.66. The van der Waals surface area contributed by atoms with Crippen LogP contribution < -0.4 is 0 Å². The Labute approximate surface area is 121 Å². The van der Waals surface area contributed by atoms with E-state index in [9.17, 15) is 27.1 Å². The Bertz CT molecular complexity index is 649. The molecule has 7 heteroatoms. The van der Waals surface area contributed by atoms with Gasteiger partial charge in [-0.3, -0.25) is 0 Å². The summed E-state index contributed by atoms with van der Waals surface area (Å²) in [7, 11) is 0. The Morgan fingerprint density at radius 1 is 1.00 bits per heavy atom. The fourth-order valence-corrected chi connectivity index (χ4v) is 2.14. The van der Waals surface area contributed by atoms with Gasteiger partial charge in [-0.2, -0.15) is 13.2 Å². The van der Waals surface area contributed by atoms with Crippen LogP contribution in [0.15, 0.2) is 36.4 Å². The number of aliphatic hydroxyl groups is 1. The Kier molecular flexibility index (Phi) is 4.20. The second-order valence-corrected chi connectivity index (χ2v) is 4.68. The van der Waals surface area contributed by atoms with Crippen LogP contribution >= 0.6 is 11.6 Å². The van der Waals surface area contributed by atoms with E-state index in [0.717, 1.165) is 12.1 Å². The smallest absolute Gasteiger partial charge is 0.383 e. The summed E-state index contributed by atoms with van der Waals surface area (Å²) in [5.74, 6) is -2.34. The summed E-state index contributed by atoms with van der Waals surface area (Å²) in [4.78, 5) is 0. The molecule has 1 nitrogen and oxygen atoms in total. The van der Waals surface area contributed by atoms with Crippen molar-refractivity contribution in [1.82, 2.24) is 0 Å². The molecular formula is C14H8ClF5O. The van der Waals surface area contributed by atoms with Crippen LogP contribution in [-0.4, -0.2) is 5.11 Å². The third-order valence-corrected chi connectivity index (χ3v) is 3.21. The fourth-order valence-electron chi connectivity index (χ4n) is 1.87. The molecule has 0 bridgehead atoms. The summed E-state index contributed by atoms with van der Waals surface area (Å²) in [6.45, 7) is 0. The van der Waals surface area contributed by atoms with Crippen LogP contribution in [0.4, 0.5) is 22.0 Å². The lowest BCUT2D eigenvalue weighted by atomic mass is 9.98. The van der Waals surface area contributed by atoms with Gasteiger partial charge in [0.2, 0.25) is 0 Å². The summed E-state index contributed by atoms with van der Waals surface area (Å²) in [5, 5.41) is 9.88. The lowest BCUT2D eigenvalue weighted by molar-refractivity contribution is -0.140. The fraction of sp³-hybridized carbons (Fsp3) is 0.143. The minimum atomic E-state index is -4.92. The van der Waals surface area contributed by atoms with Crippen LogP contribution in [0.3, 0.4) is 0 Å². The molecule has 1 N–H and O–H groups in total. The molecule has 21 heavy (non-hydrogen) atoms. The maximum absolute atomic E-state index is 13.7. The number of hydrogen-bond donors (Lipinski definition) is 1. The molecule has 2 aromatic rings. The minimum absolute atomic E-state index is 0.139. The molecule has 0 saturated carbocycles. The van der Waals surface area contributed by atoms with Crippen LogP contribution in [0, 0.1) is 11.6 Å². The van der Waals surface area contributed by atoms with Gasteiger partial charge in [-0.05, 0) is 29.8 Å². The van der Waals surface area contributed by atoms with E-state index < -0.39 is 29.5 Å².